The van der Waals surface area contributed by atoms with E-state index >= 15 is 0 Å². The van der Waals surface area contributed by atoms with Crippen LogP contribution >= 0.6 is 12.2 Å². The van der Waals surface area contributed by atoms with Gasteiger partial charge >= 0.3 is 0 Å². The van der Waals surface area contributed by atoms with E-state index in [2.05, 4.69) is 13.8 Å². The maximum atomic E-state index is 5.46. The number of hydrogen-bond acceptors (Lipinski definition) is 2. The van der Waals surface area contributed by atoms with Crippen LogP contribution in [0.2, 0.25) is 0 Å². The number of thiocarbonyl (C=S) groups is 1. The van der Waals surface area contributed by atoms with Crippen LogP contribution in [-0.2, 0) is 4.74 Å². The predicted molar refractivity (Wildman–Crippen MR) is 85.3 cm³/mol. The summed E-state index contributed by atoms with van der Waals surface area (Å²) >= 11 is 4.93. The Labute approximate surface area is 120 Å². The van der Waals surface area contributed by atoms with Crippen molar-refractivity contribution in [2.75, 3.05) is 0 Å². The molecule has 0 rings (SSSR count). The highest BCUT2D eigenvalue weighted by molar-refractivity contribution is 7.80. The third-order valence-electron chi connectivity index (χ3n) is 3.33. The Balaban J connectivity index is 3.09. The van der Waals surface area contributed by atoms with Crippen molar-refractivity contribution >= 4 is 17.3 Å². The molecule has 0 saturated heterocycles. The molecule has 0 aromatic heterocycles. The van der Waals surface area contributed by atoms with Gasteiger partial charge < -0.3 is 4.74 Å². The summed E-state index contributed by atoms with van der Waals surface area (Å²) in [7, 11) is 0. The van der Waals surface area contributed by atoms with Crippen LogP contribution < -0.4 is 0 Å². The molecule has 0 saturated carbocycles. The summed E-state index contributed by atoms with van der Waals surface area (Å²) in [6.45, 7) is 6.24. The van der Waals surface area contributed by atoms with Crippen molar-refractivity contribution in [2.45, 2.75) is 97.5 Å². The lowest BCUT2D eigenvalue weighted by Crippen LogP contribution is -2.10. The standard InChI is InChI=1S/C16H32OS/c1-4-5-6-7-8-9-10-11-12-13-14-15(2)17-16(3)18/h15H,4-14H2,1-3H3/t15-/m0/s1. The van der Waals surface area contributed by atoms with Crippen LogP contribution in [0.15, 0.2) is 0 Å². The SMILES string of the molecule is CCCCCCCCCCCC[C@H](C)OC(C)=S. The fourth-order valence-corrected chi connectivity index (χ4v) is 2.43. The van der Waals surface area contributed by atoms with E-state index in [9.17, 15) is 0 Å². The van der Waals surface area contributed by atoms with Crippen molar-refractivity contribution in [3.8, 4) is 0 Å². The van der Waals surface area contributed by atoms with Crippen LogP contribution in [0.1, 0.15) is 91.4 Å². The molecule has 18 heavy (non-hydrogen) atoms. The summed E-state index contributed by atoms with van der Waals surface area (Å²) in [4.78, 5) is 0. The summed E-state index contributed by atoms with van der Waals surface area (Å²) in [5, 5.41) is 0.676. The van der Waals surface area contributed by atoms with Crippen LogP contribution in [0.25, 0.3) is 0 Å². The molecule has 0 spiro atoms. The second kappa shape index (κ2) is 13.3. The monoisotopic (exact) mass is 272 g/mol. The molecule has 0 heterocycles. The fourth-order valence-electron chi connectivity index (χ4n) is 2.26. The number of unbranched alkanes of at least 4 members (excludes halogenated alkanes) is 9. The number of rotatable bonds is 12. The summed E-state index contributed by atoms with van der Waals surface area (Å²) in [6, 6.07) is 0. The lowest BCUT2D eigenvalue weighted by atomic mass is 10.0. The average molecular weight is 272 g/mol. The van der Waals surface area contributed by atoms with E-state index in [0.29, 0.717) is 11.2 Å². The molecule has 0 radical (unpaired) electrons. The first-order valence-corrected chi connectivity index (χ1v) is 8.24. The Morgan fingerprint density at radius 1 is 0.889 bits per heavy atom. The van der Waals surface area contributed by atoms with Gasteiger partial charge in [-0.3, -0.25) is 0 Å². The summed E-state index contributed by atoms with van der Waals surface area (Å²) in [5.41, 5.74) is 0. The van der Waals surface area contributed by atoms with Gasteiger partial charge in [-0.15, -0.1) is 0 Å². The van der Waals surface area contributed by atoms with E-state index < -0.39 is 0 Å². The van der Waals surface area contributed by atoms with Gasteiger partial charge in [-0.05, 0) is 32.0 Å². The first kappa shape index (κ1) is 17.9. The summed E-state index contributed by atoms with van der Waals surface area (Å²) in [5.74, 6) is 0. The first-order valence-electron chi connectivity index (χ1n) is 7.84. The zero-order valence-electron chi connectivity index (χ0n) is 12.7. The molecular weight excluding hydrogens is 240 g/mol. The highest BCUT2D eigenvalue weighted by Gasteiger charge is 2.02. The van der Waals surface area contributed by atoms with Crippen molar-refractivity contribution in [3.05, 3.63) is 0 Å². The largest absolute Gasteiger partial charge is 0.485 e. The maximum Gasteiger partial charge on any atom is 0.156 e. The predicted octanol–water partition coefficient (Wildman–Crippen LogP) is 6.05. The van der Waals surface area contributed by atoms with E-state index in [-0.39, 0.29) is 0 Å². The topological polar surface area (TPSA) is 9.23 Å². The third kappa shape index (κ3) is 14.0. The van der Waals surface area contributed by atoms with Gasteiger partial charge in [0.1, 0.15) is 0 Å². The zero-order chi connectivity index (χ0) is 13.6. The van der Waals surface area contributed by atoms with Gasteiger partial charge in [0.2, 0.25) is 0 Å². The Bertz CT molecular complexity index is 192. The zero-order valence-corrected chi connectivity index (χ0v) is 13.5. The smallest absolute Gasteiger partial charge is 0.156 e. The maximum absolute atomic E-state index is 5.46. The van der Waals surface area contributed by atoms with Crippen LogP contribution in [0.4, 0.5) is 0 Å². The highest BCUT2D eigenvalue weighted by Crippen LogP contribution is 2.12. The molecule has 0 aliphatic heterocycles. The lowest BCUT2D eigenvalue weighted by Gasteiger charge is -2.12. The van der Waals surface area contributed by atoms with Crippen molar-refractivity contribution in [1.82, 2.24) is 0 Å². The first-order chi connectivity index (χ1) is 8.66. The molecule has 0 aliphatic rings. The quantitative estimate of drug-likeness (QED) is 0.316. The fraction of sp³-hybridized carbons (Fsp3) is 0.938. The van der Waals surface area contributed by atoms with E-state index in [1.807, 2.05) is 6.92 Å². The molecule has 0 aromatic carbocycles. The normalized spacial score (nSPS) is 12.4. The van der Waals surface area contributed by atoms with Gasteiger partial charge in [0.25, 0.3) is 0 Å². The van der Waals surface area contributed by atoms with Crippen LogP contribution in [0.5, 0.6) is 0 Å². The average Bonchev–Trinajstić information content (AvgIpc) is 2.30. The van der Waals surface area contributed by atoms with E-state index in [1.165, 1.54) is 64.2 Å². The summed E-state index contributed by atoms with van der Waals surface area (Å²) in [6.07, 6.45) is 15.4. The summed E-state index contributed by atoms with van der Waals surface area (Å²) < 4.78 is 5.46. The van der Waals surface area contributed by atoms with Crippen LogP contribution in [0.3, 0.4) is 0 Å². The Morgan fingerprint density at radius 2 is 1.33 bits per heavy atom. The lowest BCUT2D eigenvalue weighted by molar-refractivity contribution is 0.197. The molecule has 0 N–H and O–H groups in total. The number of ether oxygens (including phenoxy) is 1. The third-order valence-corrected chi connectivity index (χ3v) is 3.43. The van der Waals surface area contributed by atoms with Crippen molar-refractivity contribution < 1.29 is 4.74 Å². The van der Waals surface area contributed by atoms with Crippen molar-refractivity contribution in [3.63, 3.8) is 0 Å². The van der Waals surface area contributed by atoms with Gasteiger partial charge in [-0.2, -0.15) is 0 Å². The van der Waals surface area contributed by atoms with Gasteiger partial charge in [0.05, 0.1) is 6.10 Å². The second-order valence-corrected chi connectivity index (χ2v) is 5.97. The number of hydrogen-bond donors (Lipinski definition) is 0. The van der Waals surface area contributed by atoms with Gasteiger partial charge in [-0.1, -0.05) is 64.7 Å². The van der Waals surface area contributed by atoms with Gasteiger partial charge in [-0.25, -0.2) is 0 Å². The van der Waals surface area contributed by atoms with Crippen molar-refractivity contribution in [2.24, 2.45) is 0 Å². The highest BCUT2D eigenvalue weighted by atomic mass is 32.1. The van der Waals surface area contributed by atoms with E-state index in [4.69, 9.17) is 17.0 Å². The molecule has 1 nitrogen and oxygen atoms in total. The molecule has 0 unspecified atom stereocenters. The molecule has 2 heteroatoms. The van der Waals surface area contributed by atoms with Gasteiger partial charge in [0.15, 0.2) is 5.05 Å². The molecule has 0 aliphatic carbocycles. The molecule has 0 bridgehead atoms. The van der Waals surface area contributed by atoms with Crippen molar-refractivity contribution in [1.29, 1.82) is 0 Å². The second-order valence-electron chi connectivity index (χ2n) is 5.39. The van der Waals surface area contributed by atoms with E-state index in [0.717, 1.165) is 6.42 Å². The minimum absolute atomic E-state index is 0.302. The van der Waals surface area contributed by atoms with E-state index in [1.54, 1.807) is 0 Å². The minimum Gasteiger partial charge on any atom is -0.485 e. The Hall–Kier alpha value is -0.110. The molecule has 0 fully saturated rings. The molecule has 0 amide bonds. The van der Waals surface area contributed by atoms with Crippen LogP contribution in [0, 0.1) is 0 Å². The van der Waals surface area contributed by atoms with Crippen LogP contribution in [-0.4, -0.2) is 11.2 Å². The molecule has 108 valence electrons. The molecule has 1 atom stereocenters. The molecule has 0 aromatic rings. The minimum atomic E-state index is 0.302. The molecular formula is C16H32OS. The Morgan fingerprint density at radius 3 is 1.78 bits per heavy atom. The van der Waals surface area contributed by atoms with Gasteiger partial charge in [0, 0.05) is 6.92 Å². The Kier molecular flexibility index (Phi) is 13.2.